The van der Waals surface area contributed by atoms with Gasteiger partial charge < -0.3 is 10.4 Å². The Morgan fingerprint density at radius 3 is 2.48 bits per heavy atom. The van der Waals surface area contributed by atoms with Crippen molar-refractivity contribution in [2.75, 3.05) is 5.32 Å². The second-order valence-corrected chi connectivity index (χ2v) is 5.43. The summed E-state index contributed by atoms with van der Waals surface area (Å²) in [5, 5.41) is 16.2. The molecule has 9 heteroatoms. The van der Waals surface area contributed by atoms with Gasteiger partial charge in [0.1, 0.15) is 5.82 Å². The molecule has 2 heterocycles. The maximum atomic E-state index is 12.5. The van der Waals surface area contributed by atoms with Gasteiger partial charge in [0, 0.05) is 18.0 Å². The highest BCUT2D eigenvalue weighted by molar-refractivity contribution is 6.34. The van der Waals surface area contributed by atoms with E-state index in [1.807, 2.05) is 0 Å². The molecule has 0 saturated carbocycles. The average molecular weight is 358 g/mol. The Balaban J connectivity index is 2.07. The van der Waals surface area contributed by atoms with Crippen LogP contribution in [0.1, 0.15) is 26.4 Å². The first-order chi connectivity index (χ1) is 12.0. The number of benzene rings is 1. The lowest BCUT2D eigenvalue weighted by Gasteiger charge is -2.09. The molecule has 1 aromatic carbocycles. The summed E-state index contributed by atoms with van der Waals surface area (Å²) in [6.07, 6.45) is 2.97. The minimum Gasteiger partial charge on any atom is -0.476 e. The number of rotatable bonds is 4. The van der Waals surface area contributed by atoms with E-state index in [0.29, 0.717) is 0 Å². The molecular formula is C16H12ClN5O3. The van der Waals surface area contributed by atoms with Crippen molar-refractivity contribution in [3.05, 3.63) is 64.6 Å². The summed E-state index contributed by atoms with van der Waals surface area (Å²) in [4.78, 5) is 32.0. The molecule has 0 spiro atoms. The molecule has 0 unspecified atom stereocenters. The van der Waals surface area contributed by atoms with Crippen molar-refractivity contribution in [3.63, 3.8) is 0 Å². The highest BCUT2D eigenvalue weighted by atomic mass is 35.5. The normalized spacial score (nSPS) is 10.5. The van der Waals surface area contributed by atoms with Gasteiger partial charge in [-0.05, 0) is 25.1 Å². The van der Waals surface area contributed by atoms with Crippen molar-refractivity contribution in [2.45, 2.75) is 6.92 Å². The van der Waals surface area contributed by atoms with E-state index in [1.54, 1.807) is 30.3 Å². The van der Waals surface area contributed by atoms with Gasteiger partial charge in [-0.2, -0.15) is 9.78 Å². The fourth-order valence-electron chi connectivity index (χ4n) is 2.21. The number of nitrogens with zero attached hydrogens (tertiary/aromatic N) is 4. The summed E-state index contributed by atoms with van der Waals surface area (Å²) in [6, 6.07) is 8.14. The number of hydrogen-bond acceptors (Lipinski definition) is 5. The van der Waals surface area contributed by atoms with Gasteiger partial charge >= 0.3 is 5.97 Å². The summed E-state index contributed by atoms with van der Waals surface area (Å²) < 4.78 is 1.17. The zero-order chi connectivity index (χ0) is 18.0. The summed E-state index contributed by atoms with van der Waals surface area (Å²) >= 11 is 6.04. The zero-order valence-corrected chi connectivity index (χ0v) is 13.7. The van der Waals surface area contributed by atoms with Gasteiger partial charge in [0.25, 0.3) is 11.9 Å². The van der Waals surface area contributed by atoms with Crippen LogP contribution in [0.3, 0.4) is 0 Å². The molecule has 3 aromatic rings. The van der Waals surface area contributed by atoms with Crippen molar-refractivity contribution in [1.29, 1.82) is 0 Å². The van der Waals surface area contributed by atoms with Crippen LogP contribution in [0.15, 0.2) is 42.7 Å². The van der Waals surface area contributed by atoms with E-state index in [-0.39, 0.29) is 33.6 Å². The van der Waals surface area contributed by atoms with Crippen molar-refractivity contribution in [1.82, 2.24) is 19.7 Å². The van der Waals surface area contributed by atoms with Crippen LogP contribution in [0.5, 0.6) is 0 Å². The van der Waals surface area contributed by atoms with Crippen LogP contribution in [-0.4, -0.2) is 36.7 Å². The molecule has 3 rings (SSSR count). The predicted molar refractivity (Wildman–Crippen MR) is 90.3 cm³/mol. The van der Waals surface area contributed by atoms with Gasteiger partial charge in [0.2, 0.25) is 0 Å². The van der Waals surface area contributed by atoms with Crippen LogP contribution in [0.2, 0.25) is 5.02 Å². The second-order valence-electron chi connectivity index (χ2n) is 5.02. The van der Waals surface area contributed by atoms with Gasteiger partial charge in [-0.1, -0.05) is 23.7 Å². The lowest BCUT2D eigenvalue weighted by atomic mass is 10.2. The SMILES string of the molecule is Cc1c(C(=O)O)nn(-c2ncccn2)c1NC(=O)c1ccccc1Cl. The van der Waals surface area contributed by atoms with Crippen molar-refractivity contribution >= 4 is 29.3 Å². The highest BCUT2D eigenvalue weighted by Crippen LogP contribution is 2.23. The van der Waals surface area contributed by atoms with Crippen molar-refractivity contribution in [3.8, 4) is 5.95 Å². The number of carboxylic acids is 1. The number of amides is 1. The largest absolute Gasteiger partial charge is 0.476 e. The average Bonchev–Trinajstić information content (AvgIpc) is 2.93. The second kappa shape index (κ2) is 6.70. The summed E-state index contributed by atoms with van der Waals surface area (Å²) in [5.74, 6) is -1.43. The lowest BCUT2D eigenvalue weighted by Crippen LogP contribution is -2.17. The minimum absolute atomic E-state index is 0.132. The van der Waals surface area contributed by atoms with Gasteiger partial charge in [-0.3, -0.25) is 4.79 Å². The number of aromatic carboxylic acids is 1. The maximum absolute atomic E-state index is 12.5. The van der Waals surface area contributed by atoms with E-state index in [2.05, 4.69) is 20.4 Å². The van der Waals surface area contributed by atoms with E-state index in [0.717, 1.165) is 0 Å². The Morgan fingerprint density at radius 1 is 1.16 bits per heavy atom. The smallest absolute Gasteiger partial charge is 0.356 e. The van der Waals surface area contributed by atoms with Gasteiger partial charge in [0.15, 0.2) is 5.69 Å². The number of halogens is 1. The number of aromatic nitrogens is 4. The van der Waals surface area contributed by atoms with Gasteiger partial charge in [0.05, 0.1) is 10.6 Å². The molecule has 0 radical (unpaired) electrons. The molecule has 0 bridgehead atoms. The number of carbonyl (C=O) groups excluding carboxylic acids is 1. The molecule has 0 saturated heterocycles. The third kappa shape index (κ3) is 3.20. The number of hydrogen-bond donors (Lipinski definition) is 2. The van der Waals surface area contributed by atoms with Crippen LogP contribution in [0.25, 0.3) is 5.95 Å². The molecule has 0 aliphatic rings. The lowest BCUT2D eigenvalue weighted by molar-refractivity contribution is 0.0689. The van der Waals surface area contributed by atoms with Crippen molar-refractivity contribution < 1.29 is 14.7 Å². The number of anilines is 1. The highest BCUT2D eigenvalue weighted by Gasteiger charge is 2.23. The zero-order valence-electron chi connectivity index (χ0n) is 13.0. The summed E-state index contributed by atoms with van der Waals surface area (Å²) in [5.41, 5.74) is 0.324. The first-order valence-electron chi connectivity index (χ1n) is 7.15. The van der Waals surface area contributed by atoms with E-state index in [1.165, 1.54) is 24.0 Å². The Bertz CT molecular complexity index is 956. The maximum Gasteiger partial charge on any atom is 0.356 e. The Hall–Kier alpha value is -3.26. The molecule has 0 atom stereocenters. The Labute approximate surface area is 147 Å². The molecular weight excluding hydrogens is 346 g/mol. The fourth-order valence-corrected chi connectivity index (χ4v) is 2.43. The van der Waals surface area contributed by atoms with Gasteiger partial charge in [-0.25, -0.2) is 14.8 Å². The summed E-state index contributed by atoms with van der Waals surface area (Å²) in [7, 11) is 0. The molecule has 2 aromatic heterocycles. The minimum atomic E-state index is -1.22. The van der Waals surface area contributed by atoms with Crippen molar-refractivity contribution in [2.24, 2.45) is 0 Å². The van der Waals surface area contributed by atoms with Gasteiger partial charge in [-0.15, -0.1) is 0 Å². The molecule has 2 N–H and O–H groups in total. The topological polar surface area (TPSA) is 110 Å². The third-order valence-corrected chi connectivity index (χ3v) is 3.75. The van der Waals surface area contributed by atoms with E-state index < -0.39 is 11.9 Å². The van der Waals surface area contributed by atoms with Crippen LogP contribution in [-0.2, 0) is 0 Å². The van der Waals surface area contributed by atoms with Crippen LogP contribution in [0.4, 0.5) is 5.82 Å². The van der Waals surface area contributed by atoms with Crippen LogP contribution >= 0.6 is 11.6 Å². The molecule has 0 aliphatic carbocycles. The molecule has 0 aliphatic heterocycles. The predicted octanol–water partition coefficient (Wildman–Crippen LogP) is 2.57. The molecule has 0 fully saturated rings. The first-order valence-corrected chi connectivity index (χ1v) is 7.53. The molecule has 1 amide bonds. The molecule has 126 valence electrons. The van der Waals surface area contributed by atoms with Crippen LogP contribution < -0.4 is 5.32 Å². The number of nitrogens with one attached hydrogen (secondary N) is 1. The Morgan fingerprint density at radius 2 is 1.84 bits per heavy atom. The first kappa shape index (κ1) is 16.6. The third-order valence-electron chi connectivity index (χ3n) is 3.42. The van der Waals surface area contributed by atoms with E-state index >= 15 is 0 Å². The fraction of sp³-hybridized carbons (Fsp3) is 0.0625. The summed E-state index contributed by atoms with van der Waals surface area (Å²) in [6.45, 7) is 1.54. The molecule has 8 nitrogen and oxygen atoms in total. The number of carboxylic acid groups (broad SMARTS) is 1. The monoisotopic (exact) mass is 357 g/mol. The van der Waals surface area contributed by atoms with E-state index in [4.69, 9.17) is 11.6 Å². The molecule has 25 heavy (non-hydrogen) atoms. The standard InChI is InChI=1S/C16H12ClN5O3/c1-9-12(15(24)25)21-22(16-18-7-4-8-19-16)13(9)20-14(23)10-5-2-3-6-11(10)17/h2-8H,1H3,(H,20,23)(H,24,25). The quantitative estimate of drug-likeness (QED) is 0.742. The Kier molecular flexibility index (Phi) is 4.44. The van der Waals surface area contributed by atoms with E-state index in [9.17, 15) is 14.7 Å². The van der Waals surface area contributed by atoms with Crippen LogP contribution in [0, 0.1) is 6.92 Å². The number of carbonyl (C=O) groups is 2.